The highest BCUT2D eigenvalue weighted by Crippen LogP contribution is 2.33. The second-order valence-electron chi connectivity index (χ2n) is 3.23. The lowest BCUT2D eigenvalue weighted by molar-refractivity contribution is -0.137. The third-order valence-corrected chi connectivity index (χ3v) is 2.09. The molecule has 0 radical (unpaired) electrons. The summed E-state index contributed by atoms with van der Waals surface area (Å²) in [5, 5.41) is 0. The predicted molar refractivity (Wildman–Crippen MR) is 50.1 cm³/mol. The van der Waals surface area contributed by atoms with Gasteiger partial charge in [0.2, 0.25) is 5.91 Å². The molecule has 0 spiro atoms. The maximum absolute atomic E-state index is 12.5. The third-order valence-electron chi connectivity index (χ3n) is 2.09. The van der Waals surface area contributed by atoms with Crippen molar-refractivity contribution in [2.45, 2.75) is 13.1 Å². The Kier molecular flexibility index (Phi) is 3.02. The Morgan fingerprint density at radius 2 is 1.94 bits per heavy atom. The van der Waals surface area contributed by atoms with E-state index < -0.39 is 23.2 Å². The molecule has 0 heterocycles. The molecule has 1 aromatic rings. The van der Waals surface area contributed by atoms with Gasteiger partial charge in [-0.3, -0.25) is 9.59 Å². The lowest BCUT2D eigenvalue weighted by atomic mass is 9.99. The van der Waals surface area contributed by atoms with Gasteiger partial charge in [0, 0.05) is 11.1 Å². The summed E-state index contributed by atoms with van der Waals surface area (Å²) >= 11 is 0. The fourth-order valence-electron chi connectivity index (χ4n) is 1.34. The fourth-order valence-corrected chi connectivity index (χ4v) is 1.34. The number of aryl methyl sites for hydroxylation is 1. The van der Waals surface area contributed by atoms with E-state index in [1.54, 1.807) is 0 Å². The lowest BCUT2D eigenvalue weighted by Gasteiger charge is -2.12. The highest BCUT2D eigenvalue weighted by Gasteiger charge is 2.34. The molecule has 3 nitrogen and oxygen atoms in total. The smallest absolute Gasteiger partial charge is 0.366 e. The first-order valence-electron chi connectivity index (χ1n) is 4.24. The van der Waals surface area contributed by atoms with Gasteiger partial charge in [0.05, 0.1) is 5.56 Å². The molecule has 16 heavy (non-hydrogen) atoms. The molecule has 0 saturated heterocycles. The van der Waals surface area contributed by atoms with Gasteiger partial charge in [-0.15, -0.1) is 0 Å². The van der Waals surface area contributed by atoms with Crippen LogP contribution in [-0.2, 0) is 6.18 Å². The quantitative estimate of drug-likeness (QED) is 0.790. The van der Waals surface area contributed by atoms with Crippen molar-refractivity contribution >= 4 is 12.2 Å². The summed E-state index contributed by atoms with van der Waals surface area (Å²) in [6.45, 7) is 1.41. The van der Waals surface area contributed by atoms with Crippen LogP contribution in [-0.4, -0.2) is 12.2 Å². The first-order valence-corrected chi connectivity index (χ1v) is 4.24. The number of amides is 1. The summed E-state index contributed by atoms with van der Waals surface area (Å²) in [5.41, 5.74) is 3.27. The van der Waals surface area contributed by atoms with E-state index in [1.165, 1.54) is 6.92 Å². The number of primary amides is 1. The van der Waals surface area contributed by atoms with Gasteiger partial charge < -0.3 is 5.73 Å². The highest BCUT2D eigenvalue weighted by molar-refractivity contribution is 5.95. The van der Waals surface area contributed by atoms with Crippen LogP contribution in [0.15, 0.2) is 12.1 Å². The summed E-state index contributed by atoms with van der Waals surface area (Å²) in [6, 6.07) is 1.59. The molecule has 0 saturated carbocycles. The molecule has 0 aromatic heterocycles. The van der Waals surface area contributed by atoms with E-state index in [1.807, 2.05) is 0 Å². The molecule has 0 bridgehead atoms. The van der Waals surface area contributed by atoms with Crippen molar-refractivity contribution in [3.8, 4) is 0 Å². The standard InChI is InChI=1S/C10H8F3NO2/c1-5-2-6(4-15)8(10(11,12)13)3-7(5)9(14)16/h2-4H,1H3,(H2,14,16). The third kappa shape index (κ3) is 2.21. The first kappa shape index (κ1) is 12.2. The van der Waals surface area contributed by atoms with E-state index in [0.29, 0.717) is 6.07 Å². The summed E-state index contributed by atoms with van der Waals surface area (Å²) in [7, 11) is 0. The SMILES string of the molecule is Cc1cc(C=O)c(C(F)(F)F)cc1C(N)=O. The average molecular weight is 231 g/mol. The van der Waals surface area contributed by atoms with Crippen LogP contribution in [0.1, 0.15) is 31.8 Å². The highest BCUT2D eigenvalue weighted by atomic mass is 19.4. The molecule has 86 valence electrons. The van der Waals surface area contributed by atoms with Gasteiger partial charge in [-0.05, 0) is 24.6 Å². The minimum atomic E-state index is -4.69. The maximum Gasteiger partial charge on any atom is 0.417 e. The molecule has 1 amide bonds. The summed E-state index contributed by atoms with van der Waals surface area (Å²) in [5.74, 6) is -0.958. The molecule has 0 aliphatic carbocycles. The zero-order valence-electron chi connectivity index (χ0n) is 8.26. The molecular weight excluding hydrogens is 223 g/mol. The molecule has 0 unspecified atom stereocenters. The number of rotatable bonds is 2. The summed E-state index contributed by atoms with van der Waals surface area (Å²) < 4.78 is 37.5. The number of hydrogen-bond acceptors (Lipinski definition) is 2. The number of alkyl halides is 3. The molecule has 0 aliphatic heterocycles. The number of nitrogens with two attached hydrogens (primary N) is 1. The molecule has 1 rings (SSSR count). The van der Waals surface area contributed by atoms with Crippen LogP contribution in [0.25, 0.3) is 0 Å². The minimum absolute atomic E-state index is 0.0978. The Bertz CT molecular complexity index is 452. The van der Waals surface area contributed by atoms with Crippen molar-refractivity contribution in [3.63, 3.8) is 0 Å². The molecule has 1 aromatic carbocycles. The zero-order chi connectivity index (χ0) is 12.5. The van der Waals surface area contributed by atoms with Crippen molar-refractivity contribution in [2.75, 3.05) is 0 Å². The van der Waals surface area contributed by atoms with Crippen LogP contribution in [0, 0.1) is 6.92 Å². The molecule has 2 N–H and O–H groups in total. The topological polar surface area (TPSA) is 60.2 Å². The Morgan fingerprint density at radius 1 is 1.38 bits per heavy atom. The summed E-state index contributed by atoms with van der Waals surface area (Å²) in [4.78, 5) is 21.4. The molecule has 0 atom stereocenters. The molecule has 6 heteroatoms. The van der Waals surface area contributed by atoms with Crippen LogP contribution >= 0.6 is 0 Å². The molecule has 0 aliphatic rings. The van der Waals surface area contributed by atoms with E-state index in [4.69, 9.17) is 5.73 Å². The number of benzene rings is 1. The van der Waals surface area contributed by atoms with Crippen LogP contribution < -0.4 is 5.73 Å². The number of aldehydes is 1. The molecular formula is C10H8F3NO2. The van der Waals surface area contributed by atoms with Crippen LogP contribution in [0.3, 0.4) is 0 Å². The Hall–Kier alpha value is -1.85. The largest absolute Gasteiger partial charge is 0.417 e. The number of halogens is 3. The zero-order valence-corrected chi connectivity index (χ0v) is 8.26. The van der Waals surface area contributed by atoms with Gasteiger partial charge in [0.15, 0.2) is 6.29 Å². The predicted octanol–water partition coefficient (Wildman–Crippen LogP) is 1.93. The average Bonchev–Trinajstić information content (AvgIpc) is 2.14. The number of hydrogen-bond donors (Lipinski definition) is 1. The van der Waals surface area contributed by atoms with E-state index in [9.17, 15) is 22.8 Å². The van der Waals surface area contributed by atoms with Crippen molar-refractivity contribution in [3.05, 3.63) is 34.4 Å². The second kappa shape index (κ2) is 3.96. The fraction of sp³-hybridized carbons (Fsp3) is 0.200. The van der Waals surface area contributed by atoms with Gasteiger partial charge in [-0.1, -0.05) is 0 Å². The van der Waals surface area contributed by atoms with Crippen LogP contribution in [0.5, 0.6) is 0 Å². The van der Waals surface area contributed by atoms with Crippen molar-refractivity contribution < 1.29 is 22.8 Å². The van der Waals surface area contributed by atoms with Crippen LogP contribution in [0.2, 0.25) is 0 Å². The van der Waals surface area contributed by atoms with Crippen LogP contribution in [0.4, 0.5) is 13.2 Å². The Morgan fingerprint density at radius 3 is 2.31 bits per heavy atom. The maximum atomic E-state index is 12.5. The second-order valence-corrected chi connectivity index (χ2v) is 3.23. The van der Waals surface area contributed by atoms with E-state index in [0.717, 1.165) is 6.07 Å². The van der Waals surface area contributed by atoms with Gasteiger partial charge in [0.1, 0.15) is 0 Å². The lowest BCUT2D eigenvalue weighted by Crippen LogP contribution is -2.17. The first-order chi connectivity index (χ1) is 7.27. The molecule has 0 fully saturated rings. The van der Waals surface area contributed by atoms with Gasteiger partial charge >= 0.3 is 6.18 Å². The van der Waals surface area contributed by atoms with Gasteiger partial charge in [-0.25, -0.2) is 0 Å². The van der Waals surface area contributed by atoms with Gasteiger partial charge in [-0.2, -0.15) is 13.2 Å². The Labute approximate surface area is 89.1 Å². The normalized spacial score (nSPS) is 11.2. The minimum Gasteiger partial charge on any atom is -0.366 e. The van der Waals surface area contributed by atoms with Crippen molar-refractivity contribution in [1.82, 2.24) is 0 Å². The number of carbonyl (C=O) groups excluding carboxylic acids is 2. The van der Waals surface area contributed by atoms with Gasteiger partial charge in [0.25, 0.3) is 0 Å². The van der Waals surface area contributed by atoms with E-state index >= 15 is 0 Å². The van der Waals surface area contributed by atoms with E-state index in [2.05, 4.69) is 0 Å². The van der Waals surface area contributed by atoms with E-state index in [-0.39, 0.29) is 17.4 Å². The van der Waals surface area contributed by atoms with Crippen molar-refractivity contribution in [1.29, 1.82) is 0 Å². The monoisotopic (exact) mass is 231 g/mol. The summed E-state index contributed by atoms with van der Waals surface area (Å²) in [6.07, 6.45) is -4.59. The number of carbonyl (C=O) groups is 2. The van der Waals surface area contributed by atoms with Crippen molar-refractivity contribution in [2.24, 2.45) is 5.73 Å². The Balaban J connectivity index is 3.53.